The van der Waals surface area contributed by atoms with E-state index >= 15 is 0 Å². The molecule has 0 bridgehead atoms. The number of carboxylic acids is 1. The second kappa shape index (κ2) is 6.36. The summed E-state index contributed by atoms with van der Waals surface area (Å²) in [6, 6.07) is -0.890. The molecule has 3 N–H and O–H groups in total. The molecule has 0 fully saturated rings. The van der Waals surface area contributed by atoms with Crippen LogP contribution in [-0.4, -0.2) is 35.0 Å². The Balaban J connectivity index is 2.56. The lowest BCUT2D eigenvalue weighted by atomic mass is 10.0. The van der Waals surface area contributed by atoms with Gasteiger partial charge in [-0.3, -0.25) is 14.4 Å². The van der Waals surface area contributed by atoms with E-state index in [2.05, 4.69) is 10.6 Å². The Morgan fingerprint density at radius 1 is 1.26 bits per heavy atom. The van der Waals surface area contributed by atoms with Gasteiger partial charge in [-0.2, -0.15) is 0 Å². The molecule has 1 aliphatic carbocycles. The first kappa shape index (κ1) is 15.2. The lowest BCUT2D eigenvalue weighted by molar-refractivity contribution is -0.140. The van der Waals surface area contributed by atoms with Crippen molar-refractivity contribution < 1.29 is 19.5 Å². The van der Waals surface area contributed by atoms with E-state index in [-0.39, 0.29) is 23.8 Å². The van der Waals surface area contributed by atoms with Crippen molar-refractivity contribution in [2.24, 2.45) is 11.8 Å². The molecule has 106 valence electrons. The summed E-state index contributed by atoms with van der Waals surface area (Å²) in [5, 5.41) is 14.2. The van der Waals surface area contributed by atoms with Crippen LogP contribution < -0.4 is 10.6 Å². The second-order valence-electron chi connectivity index (χ2n) is 5.10. The van der Waals surface area contributed by atoms with E-state index < -0.39 is 17.9 Å². The molecular weight excluding hydrogens is 248 g/mol. The first-order chi connectivity index (χ1) is 8.81. The van der Waals surface area contributed by atoms with Gasteiger partial charge in [0.1, 0.15) is 6.04 Å². The van der Waals surface area contributed by atoms with Gasteiger partial charge in [-0.25, -0.2) is 0 Å². The van der Waals surface area contributed by atoms with Crippen molar-refractivity contribution in [2.45, 2.75) is 39.3 Å². The van der Waals surface area contributed by atoms with Crippen molar-refractivity contribution in [3.8, 4) is 0 Å². The number of carbonyl (C=O) groups excluding carboxylic acids is 2. The van der Waals surface area contributed by atoms with Gasteiger partial charge in [-0.1, -0.05) is 26.0 Å². The standard InChI is InChI=1S/C13H20N2O4/c1-7(2)11(14-8(3)16)12(17)15-10-5-4-9(6-10)13(18)19/h4-5,7,9-11H,6H2,1-3H3,(H,14,16)(H,15,17)(H,18,19). The van der Waals surface area contributed by atoms with Crippen molar-refractivity contribution >= 4 is 17.8 Å². The van der Waals surface area contributed by atoms with E-state index in [9.17, 15) is 14.4 Å². The van der Waals surface area contributed by atoms with Crippen molar-refractivity contribution in [1.29, 1.82) is 0 Å². The number of rotatable bonds is 5. The summed E-state index contributed by atoms with van der Waals surface area (Å²) in [5.41, 5.74) is 0. The zero-order chi connectivity index (χ0) is 14.6. The lowest BCUT2D eigenvalue weighted by Crippen LogP contribution is -2.51. The molecule has 0 saturated carbocycles. The van der Waals surface area contributed by atoms with Gasteiger partial charge in [-0.05, 0) is 12.3 Å². The smallest absolute Gasteiger partial charge is 0.310 e. The van der Waals surface area contributed by atoms with E-state index in [1.165, 1.54) is 6.92 Å². The summed E-state index contributed by atoms with van der Waals surface area (Å²) in [6.07, 6.45) is 3.61. The van der Waals surface area contributed by atoms with Gasteiger partial charge < -0.3 is 15.7 Å². The molecule has 0 aromatic rings. The van der Waals surface area contributed by atoms with Gasteiger partial charge in [0.05, 0.1) is 5.92 Å². The minimum atomic E-state index is -0.893. The quantitative estimate of drug-likeness (QED) is 0.625. The third-order valence-corrected chi connectivity index (χ3v) is 3.04. The fraction of sp³-hybridized carbons (Fsp3) is 0.615. The molecule has 0 saturated heterocycles. The molecule has 0 heterocycles. The third kappa shape index (κ3) is 4.39. The van der Waals surface area contributed by atoms with Gasteiger partial charge in [0.25, 0.3) is 0 Å². The summed E-state index contributed by atoms with van der Waals surface area (Å²) < 4.78 is 0. The highest BCUT2D eigenvalue weighted by Crippen LogP contribution is 2.18. The molecule has 0 radical (unpaired) electrons. The van der Waals surface area contributed by atoms with Crippen LogP contribution in [0.2, 0.25) is 0 Å². The molecule has 1 aliphatic rings. The molecular formula is C13H20N2O4. The van der Waals surface area contributed by atoms with Crippen molar-refractivity contribution in [3.63, 3.8) is 0 Å². The monoisotopic (exact) mass is 268 g/mol. The highest BCUT2D eigenvalue weighted by molar-refractivity contribution is 5.87. The zero-order valence-electron chi connectivity index (χ0n) is 11.3. The topological polar surface area (TPSA) is 95.5 Å². The van der Waals surface area contributed by atoms with Gasteiger partial charge in [0, 0.05) is 13.0 Å². The highest BCUT2D eigenvalue weighted by atomic mass is 16.4. The van der Waals surface area contributed by atoms with Crippen LogP contribution in [0, 0.1) is 11.8 Å². The van der Waals surface area contributed by atoms with Crippen molar-refractivity contribution in [1.82, 2.24) is 10.6 Å². The summed E-state index contributed by atoms with van der Waals surface area (Å²) in [4.78, 5) is 33.9. The highest BCUT2D eigenvalue weighted by Gasteiger charge is 2.29. The van der Waals surface area contributed by atoms with Crippen LogP contribution in [0.5, 0.6) is 0 Å². The minimum Gasteiger partial charge on any atom is -0.481 e. The summed E-state index contributed by atoms with van der Waals surface area (Å²) >= 11 is 0. The van der Waals surface area contributed by atoms with Crippen LogP contribution >= 0.6 is 0 Å². The normalized spacial score (nSPS) is 23.2. The maximum atomic E-state index is 12.0. The van der Waals surface area contributed by atoms with Gasteiger partial charge in [-0.15, -0.1) is 0 Å². The number of carboxylic acid groups (broad SMARTS) is 1. The molecule has 2 amide bonds. The van der Waals surface area contributed by atoms with Crippen LogP contribution in [0.3, 0.4) is 0 Å². The lowest BCUT2D eigenvalue weighted by Gasteiger charge is -2.23. The van der Waals surface area contributed by atoms with Crippen LogP contribution in [0.4, 0.5) is 0 Å². The predicted octanol–water partition coefficient (Wildman–Crippen LogP) is 0.293. The van der Waals surface area contributed by atoms with Crippen LogP contribution in [0.25, 0.3) is 0 Å². The third-order valence-electron chi connectivity index (χ3n) is 3.04. The summed E-state index contributed by atoms with van der Waals surface area (Å²) in [6.45, 7) is 5.04. The first-order valence-corrected chi connectivity index (χ1v) is 6.30. The largest absolute Gasteiger partial charge is 0.481 e. The van der Waals surface area contributed by atoms with E-state index in [1.54, 1.807) is 12.2 Å². The molecule has 3 atom stereocenters. The molecule has 6 nitrogen and oxygen atoms in total. The number of carbonyl (C=O) groups is 3. The Labute approximate surface area is 112 Å². The number of hydrogen-bond donors (Lipinski definition) is 3. The Morgan fingerprint density at radius 2 is 1.89 bits per heavy atom. The van der Waals surface area contributed by atoms with Crippen LogP contribution in [-0.2, 0) is 14.4 Å². The van der Waals surface area contributed by atoms with E-state index in [1.807, 2.05) is 13.8 Å². The number of aliphatic carboxylic acids is 1. The maximum Gasteiger partial charge on any atom is 0.310 e. The summed E-state index contributed by atoms with van der Waals surface area (Å²) in [7, 11) is 0. The molecule has 19 heavy (non-hydrogen) atoms. The van der Waals surface area contributed by atoms with Crippen LogP contribution in [0.15, 0.2) is 12.2 Å². The minimum absolute atomic E-state index is 0.0375. The molecule has 0 aliphatic heterocycles. The Morgan fingerprint density at radius 3 is 2.32 bits per heavy atom. The molecule has 0 spiro atoms. The van der Waals surface area contributed by atoms with Crippen molar-refractivity contribution in [2.75, 3.05) is 0 Å². The fourth-order valence-corrected chi connectivity index (χ4v) is 2.02. The van der Waals surface area contributed by atoms with Gasteiger partial charge in [0.15, 0.2) is 0 Å². The van der Waals surface area contributed by atoms with E-state index in [0.29, 0.717) is 6.42 Å². The molecule has 0 aromatic carbocycles. The molecule has 1 rings (SSSR count). The maximum absolute atomic E-state index is 12.0. The van der Waals surface area contributed by atoms with E-state index in [4.69, 9.17) is 5.11 Å². The van der Waals surface area contributed by atoms with Gasteiger partial charge >= 0.3 is 5.97 Å². The Bertz CT molecular complexity index is 403. The molecule has 6 heteroatoms. The first-order valence-electron chi connectivity index (χ1n) is 6.30. The average Bonchev–Trinajstić information content (AvgIpc) is 2.73. The Hall–Kier alpha value is -1.85. The number of hydrogen-bond acceptors (Lipinski definition) is 3. The van der Waals surface area contributed by atoms with Crippen molar-refractivity contribution in [3.05, 3.63) is 12.2 Å². The Kier molecular flexibility index (Phi) is 5.09. The second-order valence-corrected chi connectivity index (χ2v) is 5.10. The average molecular weight is 268 g/mol. The zero-order valence-corrected chi connectivity index (χ0v) is 11.3. The molecule has 0 aromatic heterocycles. The predicted molar refractivity (Wildman–Crippen MR) is 69.3 cm³/mol. The molecule has 3 unspecified atom stereocenters. The van der Waals surface area contributed by atoms with E-state index in [0.717, 1.165) is 0 Å². The SMILES string of the molecule is CC(=O)NC(C(=O)NC1C=CC(C(=O)O)C1)C(C)C. The van der Waals surface area contributed by atoms with Crippen LogP contribution in [0.1, 0.15) is 27.2 Å². The summed E-state index contributed by atoms with van der Waals surface area (Å²) in [5.74, 6) is -2.03. The van der Waals surface area contributed by atoms with Gasteiger partial charge in [0.2, 0.25) is 11.8 Å². The fourth-order valence-electron chi connectivity index (χ4n) is 2.02. The number of amides is 2. The number of nitrogens with one attached hydrogen (secondary N) is 2.